The number of nitrogens with two attached hydrogens (primary N) is 1. The molecule has 98 valence electrons. The maximum atomic E-state index is 12.8. The first-order valence-corrected chi connectivity index (χ1v) is 6.21. The van der Waals surface area contributed by atoms with Crippen LogP contribution < -0.4 is 5.73 Å². The molecule has 2 rings (SSSR count). The minimum atomic E-state index is -2.26. The van der Waals surface area contributed by atoms with Crippen molar-refractivity contribution in [2.24, 2.45) is 0 Å². The molecule has 1 aliphatic heterocycles. The van der Waals surface area contributed by atoms with Crippen LogP contribution in [0.15, 0.2) is 6.20 Å². The van der Waals surface area contributed by atoms with E-state index in [2.05, 4.69) is 4.98 Å². The molecule has 0 saturated carbocycles. The number of piperidine rings is 1. The van der Waals surface area contributed by atoms with Crippen LogP contribution in [0.5, 0.6) is 0 Å². The topological polar surface area (TPSA) is 42.1 Å². The molecule has 1 aromatic rings. The number of nitrogen functional groups attached to an aromatic ring is 1. The summed E-state index contributed by atoms with van der Waals surface area (Å²) in [6.45, 7) is 1.29. The van der Waals surface area contributed by atoms with Gasteiger partial charge in [-0.15, -0.1) is 23.7 Å². The van der Waals surface area contributed by atoms with E-state index >= 15 is 0 Å². The average molecular weight is 284 g/mol. The van der Waals surface area contributed by atoms with Gasteiger partial charge in [0, 0.05) is 17.6 Å². The molecule has 2 heterocycles. The number of nitrogens with zero attached hydrogens (tertiary/aromatic N) is 2. The van der Waals surface area contributed by atoms with Gasteiger partial charge in [0.1, 0.15) is 0 Å². The molecule has 0 aromatic carbocycles. The third-order valence-corrected chi connectivity index (χ3v) is 3.70. The second-order valence-corrected chi connectivity index (χ2v) is 5.18. The lowest BCUT2D eigenvalue weighted by molar-refractivity contribution is 0.000627. The van der Waals surface area contributed by atoms with Crippen molar-refractivity contribution in [3.63, 3.8) is 0 Å². The van der Waals surface area contributed by atoms with E-state index in [4.69, 9.17) is 5.73 Å². The Hall–Kier alpha value is -0.460. The molecule has 3 nitrogen and oxygen atoms in total. The number of aromatic nitrogens is 1. The van der Waals surface area contributed by atoms with E-state index in [0.717, 1.165) is 24.3 Å². The van der Waals surface area contributed by atoms with Gasteiger partial charge in [-0.25, -0.2) is 13.8 Å². The van der Waals surface area contributed by atoms with Crippen molar-refractivity contribution in [3.05, 3.63) is 11.1 Å². The number of likely N-dealkylation sites (tertiary alicyclic amines) is 1. The van der Waals surface area contributed by atoms with Crippen molar-refractivity contribution in [2.75, 3.05) is 12.3 Å². The Bertz CT molecular complexity index is 348. The van der Waals surface area contributed by atoms with E-state index < -0.39 is 12.5 Å². The van der Waals surface area contributed by atoms with Gasteiger partial charge in [-0.05, 0) is 19.4 Å². The fourth-order valence-electron chi connectivity index (χ4n) is 2.09. The maximum Gasteiger partial charge on any atom is 0.253 e. The average Bonchev–Trinajstić information content (AvgIpc) is 2.64. The lowest BCUT2D eigenvalue weighted by Gasteiger charge is -2.34. The van der Waals surface area contributed by atoms with E-state index in [1.165, 1.54) is 11.3 Å². The van der Waals surface area contributed by atoms with Gasteiger partial charge in [-0.2, -0.15) is 0 Å². The van der Waals surface area contributed by atoms with Crippen molar-refractivity contribution < 1.29 is 8.78 Å². The fraction of sp³-hybridized carbons (Fsp3) is 0.700. The summed E-state index contributed by atoms with van der Waals surface area (Å²) in [5.41, 5.74) is 5.52. The number of alkyl halides is 2. The summed E-state index contributed by atoms with van der Waals surface area (Å²) in [6, 6.07) is -0.600. The van der Waals surface area contributed by atoms with E-state index in [1.807, 2.05) is 4.90 Å². The van der Waals surface area contributed by atoms with Crippen LogP contribution in [0.2, 0.25) is 0 Å². The highest BCUT2D eigenvalue weighted by molar-refractivity contribution is 7.15. The molecule has 1 unspecified atom stereocenters. The fourth-order valence-corrected chi connectivity index (χ4v) is 2.80. The van der Waals surface area contributed by atoms with E-state index in [9.17, 15) is 8.78 Å². The lowest BCUT2D eigenvalue weighted by atomic mass is 10.0. The highest BCUT2D eigenvalue weighted by atomic mass is 35.5. The van der Waals surface area contributed by atoms with Crippen LogP contribution in [0.4, 0.5) is 13.9 Å². The number of rotatable bonds is 3. The Morgan fingerprint density at radius 2 is 2.29 bits per heavy atom. The largest absolute Gasteiger partial charge is 0.375 e. The van der Waals surface area contributed by atoms with Crippen LogP contribution in [-0.4, -0.2) is 28.9 Å². The van der Waals surface area contributed by atoms with Gasteiger partial charge in [0.2, 0.25) is 0 Å². The summed E-state index contributed by atoms with van der Waals surface area (Å²) in [5.74, 6) is 0. The molecule has 0 aliphatic carbocycles. The van der Waals surface area contributed by atoms with Crippen molar-refractivity contribution >= 4 is 28.9 Å². The highest BCUT2D eigenvalue weighted by Crippen LogP contribution is 2.26. The molecular weight excluding hydrogens is 268 g/mol. The molecule has 1 fully saturated rings. The van der Waals surface area contributed by atoms with Crippen LogP contribution in [0.25, 0.3) is 0 Å². The zero-order valence-electron chi connectivity index (χ0n) is 9.31. The third kappa shape index (κ3) is 3.76. The van der Waals surface area contributed by atoms with Crippen molar-refractivity contribution in [2.45, 2.75) is 38.3 Å². The molecule has 0 amide bonds. The first kappa shape index (κ1) is 14.6. The number of hydrogen-bond acceptors (Lipinski definition) is 4. The Labute approximate surface area is 109 Å². The zero-order valence-corrected chi connectivity index (χ0v) is 10.9. The minimum Gasteiger partial charge on any atom is -0.375 e. The monoisotopic (exact) mass is 283 g/mol. The van der Waals surface area contributed by atoms with E-state index in [0.29, 0.717) is 18.1 Å². The second kappa shape index (κ2) is 6.47. The summed E-state index contributed by atoms with van der Waals surface area (Å²) in [5, 5.41) is 0.501. The molecule has 7 heteroatoms. The molecule has 2 N–H and O–H groups in total. The normalized spacial score (nSPS) is 21.5. The summed E-state index contributed by atoms with van der Waals surface area (Å²) >= 11 is 1.38. The van der Waals surface area contributed by atoms with Crippen LogP contribution in [0, 0.1) is 0 Å². The van der Waals surface area contributed by atoms with Crippen LogP contribution in [0.1, 0.15) is 24.1 Å². The Morgan fingerprint density at radius 3 is 2.88 bits per heavy atom. The zero-order chi connectivity index (χ0) is 11.5. The second-order valence-electron chi connectivity index (χ2n) is 4.03. The predicted molar refractivity (Wildman–Crippen MR) is 67.8 cm³/mol. The van der Waals surface area contributed by atoms with E-state index in [1.54, 1.807) is 6.20 Å². The molecular formula is C10H16ClF2N3S. The number of anilines is 1. The van der Waals surface area contributed by atoms with Crippen molar-refractivity contribution in [1.29, 1.82) is 0 Å². The first-order chi connectivity index (χ1) is 7.66. The van der Waals surface area contributed by atoms with Gasteiger partial charge < -0.3 is 5.73 Å². The van der Waals surface area contributed by atoms with Gasteiger partial charge in [0.05, 0.1) is 6.04 Å². The van der Waals surface area contributed by atoms with Crippen molar-refractivity contribution in [1.82, 2.24) is 9.88 Å². The summed E-state index contributed by atoms with van der Waals surface area (Å²) in [4.78, 5) is 6.75. The molecule has 1 aliphatic rings. The van der Waals surface area contributed by atoms with Crippen molar-refractivity contribution in [3.8, 4) is 0 Å². The van der Waals surface area contributed by atoms with Crippen LogP contribution in [-0.2, 0) is 6.54 Å². The van der Waals surface area contributed by atoms with E-state index in [-0.39, 0.29) is 12.4 Å². The molecule has 1 atom stereocenters. The predicted octanol–water partition coefficient (Wildman–Crippen LogP) is 2.77. The molecule has 0 bridgehead atoms. The summed E-state index contributed by atoms with van der Waals surface area (Å²) in [6.07, 6.45) is 1.90. The molecule has 0 radical (unpaired) electrons. The Kier molecular flexibility index (Phi) is 5.55. The quantitative estimate of drug-likeness (QED) is 0.927. The Balaban J connectivity index is 0.00000144. The van der Waals surface area contributed by atoms with Crippen LogP contribution in [0.3, 0.4) is 0 Å². The summed E-state index contributed by atoms with van der Waals surface area (Å²) < 4.78 is 25.6. The number of hydrogen-bond donors (Lipinski definition) is 1. The van der Waals surface area contributed by atoms with Gasteiger partial charge >= 0.3 is 0 Å². The summed E-state index contributed by atoms with van der Waals surface area (Å²) in [7, 11) is 0. The first-order valence-electron chi connectivity index (χ1n) is 5.39. The molecule has 1 aromatic heterocycles. The maximum absolute atomic E-state index is 12.8. The van der Waals surface area contributed by atoms with Gasteiger partial charge in [-0.1, -0.05) is 6.42 Å². The van der Waals surface area contributed by atoms with Gasteiger partial charge in [0.15, 0.2) is 5.13 Å². The number of halogens is 3. The minimum absolute atomic E-state index is 0. The SMILES string of the molecule is Cl.Nc1ncc(CN2CCCCC2C(F)F)s1. The Morgan fingerprint density at radius 1 is 1.53 bits per heavy atom. The molecule has 1 saturated heterocycles. The molecule has 17 heavy (non-hydrogen) atoms. The lowest BCUT2D eigenvalue weighted by Crippen LogP contribution is -2.43. The highest BCUT2D eigenvalue weighted by Gasteiger charge is 2.30. The standard InChI is InChI=1S/C10H15F2N3S.ClH/c11-9(12)8-3-1-2-4-15(8)6-7-5-14-10(13)16-7;/h5,8-9H,1-4,6H2,(H2,13,14);1H. The van der Waals surface area contributed by atoms with Gasteiger partial charge in [0.25, 0.3) is 6.43 Å². The smallest absolute Gasteiger partial charge is 0.253 e. The van der Waals surface area contributed by atoms with Crippen LogP contribution >= 0.6 is 23.7 Å². The number of thiazole rings is 1. The van der Waals surface area contributed by atoms with Gasteiger partial charge in [-0.3, -0.25) is 4.90 Å². The third-order valence-electron chi connectivity index (χ3n) is 2.89. The molecule has 0 spiro atoms.